The first-order valence-electron chi connectivity index (χ1n) is 12.9. The second-order valence-corrected chi connectivity index (χ2v) is 12.0. The molecule has 212 valence electrons. The average molecular weight is 576 g/mol. The molecule has 41 heavy (non-hydrogen) atoms. The first-order chi connectivity index (χ1) is 19.6. The molecule has 2 amide bonds. The van der Waals surface area contributed by atoms with Gasteiger partial charge < -0.3 is 20.3 Å². The summed E-state index contributed by atoms with van der Waals surface area (Å²) < 4.78 is 28.1. The van der Waals surface area contributed by atoms with E-state index in [2.05, 4.69) is 15.6 Å². The van der Waals surface area contributed by atoms with E-state index in [-0.39, 0.29) is 41.4 Å². The molecule has 0 spiro atoms. The van der Waals surface area contributed by atoms with Gasteiger partial charge in [0.25, 0.3) is 5.91 Å². The number of esters is 1. The molecule has 1 saturated heterocycles. The molecule has 11 nitrogen and oxygen atoms in total. The number of likely N-dealkylation sites (N-methyl/N-ethyl adjacent to an activating group) is 1. The fourth-order valence-electron chi connectivity index (χ4n) is 4.66. The normalized spacial score (nSPS) is 17.3. The number of amides is 2. The van der Waals surface area contributed by atoms with Gasteiger partial charge in [0, 0.05) is 37.1 Å². The predicted molar refractivity (Wildman–Crippen MR) is 156 cm³/mol. The van der Waals surface area contributed by atoms with Gasteiger partial charge in [0.1, 0.15) is 5.82 Å². The van der Waals surface area contributed by atoms with Crippen LogP contribution in [0.2, 0.25) is 0 Å². The van der Waals surface area contributed by atoms with Crippen LogP contribution >= 0.6 is 0 Å². The van der Waals surface area contributed by atoms with E-state index in [0.717, 1.165) is 5.56 Å². The van der Waals surface area contributed by atoms with Crippen LogP contribution in [0.3, 0.4) is 0 Å². The molecule has 0 atom stereocenters. The van der Waals surface area contributed by atoms with E-state index >= 15 is 0 Å². The lowest BCUT2D eigenvalue weighted by atomic mass is 10.0. The van der Waals surface area contributed by atoms with E-state index in [1.165, 1.54) is 18.1 Å². The van der Waals surface area contributed by atoms with Crippen molar-refractivity contribution in [1.82, 2.24) is 9.88 Å². The van der Waals surface area contributed by atoms with Gasteiger partial charge in [-0.15, -0.1) is 0 Å². The van der Waals surface area contributed by atoms with Crippen LogP contribution in [0.15, 0.2) is 66.7 Å². The largest absolute Gasteiger partial charge is 0.464 e. The monoisotopic (exact) mass is 575 g/mol. The van der Waals surface area contributed by atoms with Crippen LogP contribution in [0.5, 0.6) is 0 Å². The molecule has 0 bridgehead atoms. The topological polar surface area (TPSA) is 138 Å². The molecule has 2 aliphatic rings. The molecule has 1 aromatic heterocycles. The van der Waals surface area contributed by atoms with Gasteiger partial charge in [-0.25, -0.2) is 18.2 Å². The Morgan fingerprint density at radius 2 is 1.71 bits per heavy atom. The molecule has 3 heterocycles. The van der Waals surface area contributed by atoms with Crippen LogP contribution in [0.4, 0.5) is 17.2 Å². The summed E-state index contributed by atoms with van der Waals surface area (Å²) in [5, 5.41) is 6.10. The van der Waals surface area contributed by atoms with Gasteiger partial charge in [-0.1, -0.05) is 30.3 Å². The number of ether oxygens (including phenoxy) is 1. The molecule has 0 unspecified atom stereocenters. The summed E-state index contributed by atoms with van der Waals surface area (Å²) in [7, 11) is -0.0725. The minimum Gasteiger partial charge on any atom is -0.464 e. The summed E-state index contributed by atoms with van der Waals surface area (Å²) >= 11 is 0. The lowest BCUT2D eigenvalue weighted by Gasteiger charge is -2.28. The highest BCUT2D eigenvalue weighted by atomic mass is 32.2. The number of fused-ring (bicyclic) bond motifs is 1. The lowest BCUT2D eigenvalue weighted by Crippen LogP contribution is -2.45. The quantitative estimate of drug-likeness (QED) is 0.321. The van der Waals surface area contributed by atoms with Crippen molar-refractivity contribution < 1.29 is 27.5 Å². The highest BCUT2D eigenvalue weighted by Gasteiger charge is 2.31. The molecule has 0 saturated carbocycles. The number of hydrogen-bond acceptors (Lipinski definition) is 9. The number of carbonyl (C=O) groups is 3. The third kappa shape index (κ3) is 6.13. The van der Waals surface area contributed by atoms with Crippen molar-refractivity contribution in [3.63, 3.8) is 0 Å². The highest BCUT2D eigenvalue weighted by molar-refractivity contribution is 7.91. The Labute approximate surface area is 237 Å². The summed E-state index contributed by atoms with van der Waals surface area (Å²) in [5.74, 6) is -0.717. The number of aromatic nitrogens is 1. The number of carbonyl (C=O) groups excluding carboxylic acids is 3. The molecule has 2 aromatic carbocycles. The summed E-state index contributed by atoms with van der Waals surface area (Å²) in [6.45, 7) is 0.826. The van der Waals surface area contributed by atoms with Crippen molar-refractivity contribution in [3.05, 3.63) is 83.6 Å². The number of hydrogen-bond donors (Lipinski definition) is 2. The zero-order chi connectivity index (χ0) is 29.1. The van der Waals surface area contributed by atoms with Crippen LogP contribution in [-0.4, -0.2) is 81.4 Å². The van der Waals surface area contributed by atoms with E-state index in [0.29, 0.717) is 41.3 Å². The Balaban J connectivity index is 1.39. The van der Waals surface area contributed by atoms with Crippen molar-refractivity contribution in [2.75, 3.05) is 60.8 Å². The highest BCUT2D eigenvalue weighted by Crippen LogP contribution is 2.37. The Morgan fingerprint density at radius 3 is 2.37 bits per heavy atom. The van der Waals surface area contributed by atoms with Crippen molar-refractivity contribution >= 4 is 56.1 Å². The van der Waals surface area contributed by atoms with E-state index in [9.17, 15) is 22.8 Å². The summed E-state index contributed by atoms with van der Waals surface area (Å²) in [6, 6.07) is 19.7. The third-order valence-corrected chi connectivity index (χ3v) is 8.63. The molecule has 0 aliphatic carbocycles. The zero-order valence-corrected chi connectivity index (χ0v) is 23.4. The number of methoxy groups -OCH3 is 1. The summed E-state index contributed by atoms with van der Waals surface area (Å²) in [5.41, 5.74) is 3.66. The van der Waals surface area contributed by atoms with Gasteiger partial charge in [-0.3, -0.25) is 14.5 Å². The van der Waals surface area contributed by atoms with Crippen molar-refractivity contribution in [1.29, 1.82) is 0 Å². The maximum Gasteiger partial charge on any atom is 0.356 e. The van der Waals surface area contributed by atoms with Crippen LogP contribution in [0.1, 0.15) is 21.6 Å². The zero-order valence-electron chi connectivity index (χ0n) is 22.6. The maximum atomic E-state index is 13.2. The van der Waals surface area contributed by atoms with Crippen molar-refractivity contribution in [3.8, 4) is 0 Å². The van der Waals surface area contributed by atoms with Crippen LogP contribution < -0.4 is 15.5 Å². The summed E-state index contributed by atoms with van der Waals surface area (Å²) in [6.07, 6.45) is 0. The fourth-order valence-corrected chi connectivity index (χ4v) is 5.94. The molecular formula is C29H29N5O6S. The predicted octanol–water partition coefficient (Wildman–Crippen LogP) is 2.49. The van der Waals surface area contributed by atoms with Gasteiger partial charge in [0.15, 0.2) is 15.5 Å². The van der Waals surface area contributed by atoms with Gasteiger partial charge in [0.2, 0.25) is 5.91 Å². The number of benzene rings is 2. The molecule has 3 aromatic rings. The van der Waals surface area contributed by atoms with Gasteiger partial charge in [-0.2, -0.15) is 0 Å². The Bertz CT molecular complexity index is 1620. The van der Waals surface area contributed by atoms with E-state index in [4.69, 9.17) is 4.74 Å². The second kappa shape index (κ2) is 11.5. The molecule has 2 aliphatic heterocycles. The number of anilines is 3. The molecule has 1 fully saturated rings. The number of nitrogens with zero attached hydrogens (tertiary/aromatic N) is 3. The lowest BCUT2D eigenvalue weighted by molar-refractivity contribution is -0.119. The molecule has 2 N–H and O–H groups in total. The average Bonchev–Trinajstić information content (AvgIpc) is 3.31. The number of rotatable bonds is 7. The Kier molecular flexibility index (Phi) is 7.86. The second-order valence-electron chi connectivity index (χ2n) is 9.71. The van der Waals surface area contributed by atoms with E-state index in [1.807, 2.05) is 47.4 Å². The molecule has 12 heteroatoms. The van der Waals surface area contributed by atoms with Crippen LogP contribution in [0.25, 0.3) is 11.3 Å². The van der Waals surface area contributed by atoms with Gasteiger partial charge in [-0.05, 0) is 42.0 Å². The number of pyridine rings is 1. The van der Waals surface area contributed by atoms with E-state index < -0.39 is 15.8 Å². The minimum absolute atomic E-state index is 0.0641. The SMILES string of the molecule is COC(=O)c1ccc2c(n1)NC(=O)/C2=C(\Nc1ccc(N(C)C(=O)CN2CCS(=O)(=O)CC2)cc1)c1ccccc1. The Hall–Kier alpha value is -4.55. The van der Waals surface area contributed by atoms with E-state index in [1.54, 1.807) is 25.2 Å². The van der Waals surface area contributed by atoms with Gasteiger partial charge in [0.05, 0.1) is 36.4 Å². The minimum atomic E-state index is -3.02. The smallest absolute Gasteiger partial charge is 0.356 e. The molecule has 5 rings (SSSR count). The van der Waals surface area contributed by atoms with Crippen LogP contribution in [-0.2, 0) is 24.2 Å². The number of sulfone groups is 1. The first kappa shape index (κ1) is 28.0. The van der Waals surface area contributed by atoms with Crippen molar-refractivity contribution in [2.24, 2.45) is 0 Å². The molecule has 0 radical (unpaired) electrons. The number of nitrogens with one attached hydrogen (secondary N) is 2. The van der Waals surface area contributed by atoms with Crippen molar-refractivity contribution in [2.45, 2.75) is 0 Å². The maximum absolute atomic E-state index is 13.2. The summed E-state index contributed by atoms with van der Waals surface area (Å²) in [4.78, 5) is 45.6. The van der Waals surface area contributed by atoms with Crippen LogP contribution in [0, 0.1) is 0 Å². The third-order valence-electron chi connectivity index (χ3n) is 7.02. The standard InChI is InChI=1S/C29H29N5O6S/c1-33(24(35)18-34-14-16-41(38,39)17-15-34)21-10-8-20(9-11-21)30-26(19-6-4-3-5-7-19)25-22-12-13-23(29(37)40-2)31-27(22)32-28(25)36/h3-13,30H,14-18H2,1-2H3,(H,31,32,36)/b26-25-. The molecular weight excluding hydrogens is 546 g/mol. The van der Waals surface area contributed by atoms with Gasteiger partial charge >= 0.3 is 5.97 Å². The fraction of sp³-hybridized carbons (Fsp3) is 0.241. The Morgan fingerprint density at radius 1 is 1.02 bits per heavy atom. The first-order valence-corrected chi connectivity index (χ1v) is 14.7.